The third-order valence-corrected chi connectivity index (χ3v) is 3.20. The molecule has 1 aliphatic rings. The smallest absolute Gasteiger partial charge is 0.139 e. The van der Waals surface area contributed by atoms with Gasteiger partial charge in [-0.05, 0) is 25.3 Å². The number of Topliss-reactive ketones (excluding diaryl/α,β-unsaturated/α-hetero) is 1. The van der Waals surface area contributed by atoms with Gasteiger partial charge in [0.2, 0.25) is 0 Å². The molecule has 1 aliphatic carbocycles. The summed E-state index contributed by atoms with van der Waals surface area (Å²) >= 11 is 0. The van der Waals surface area contributed by atoms with Crippen LogP contribution in [0.25, 0.3) is 0 Å². The van der Waals surface area contributed by atoms with Crippen LogP contribution in [0.3, 0.4) is 0 Å². The summed E-state index contributed by atoms with van der Waals surface area (Å²) in [6.45, 7) is 2.07. The van der Waals surface area contributed by atoms with E-state index in [4.69, 9.17) is 0 Å². The molecule has 0 bridgehead atoms. The van der Waals surface area contributed by atoms with Crippen molar-refractivity contribution in [1.29, 1.82) is 0 Å². The van der Waals surface area contributed by atoms with Crippen LogP contribution < -0.4 is 0 Å². The predicted molar refractivity (Wildman–Crippen MR) is 53.9 cm³/mol. The van der Waals surface area contributed by atoms with Crippen LogP contribution in [-0.4, -0.2) is 15.6 Å². The molecule has 0 spiro atoms. The van der Waals surface area contributed by atoms with Crippen LogP contribution >= 0.6 is 0 Å². The summed E-state index contributed by atoms with van der Waals surface area (Å²) in [5, 5.41) is 4.08. The Morgan fingerprint density at radius 3 is 2.86 bits per heavy atom. The molecular formula is C11H16N2O. The highest BCUT2D eigenvalue weighted by Crippen LogP contribution is 2.46. The van der Waals surface area contributed by atoms with Crippen LogP contribution in [0.5, 0.6) is 0 Å². The molecule has 3 nitrogen and oxygen atoms in total. The van der Waals surface area contributed by atoms with E-state index in [1.165, 1.54) is 0 Å². The molecule has 0 unspecified atom stereocenters. The fourth-order valence-electron chi connectivity index (χ4n) is 1.66. The molecule has 76 valence electrons. The molecule has 0 amide bonds. The number of nitrogens with zero attached hydrogens (tertiary/aromatic N) is 2. The van der Waals surface area contributed by atoms with E-state index in [0.29, 0.717) is 12.2 Å². The second kappa shape index (κ2) is 3.23. The van der Waals surface area contributed by atoms with Crippen LogP contribution in [0.2, 0.25) is 0 Å². The van der Waals surface area contributed by atoms with Crippen molar-refractivity contribution in [2.24, 2.45) is 12.5 Å². The van der Waals surface area contributed by atoms with Crippen LogP contribution in [0, 0.1) is 5.41 Å². The molecule has 2 rings (SSSR count). The molecule has 1 aromatic rings. The quantitative estimate of drug-likeness (QED) is 0.728. The Morgan fingerprint density at radius 2 is 2.36 bits per heavy atom. The third-order valence-electron chi connectivity index (χ3n) is 3.20. The van der Waals surface area contributed by atoms with Crippen molar-refractivity contribution in [3.63, 3.8) is 0 Å². The van der Waals surface area contributed by atoms with E-state index < -0.39 is 0 Å². The average molecular weight is 192 g/mol. The summed E-state index contributed by atoms with van der Waals surface area (Å²) < 4.78 is 1.84. The lowest BCUT2D eigenvalue weighted by Crippen LogP contribution is -2.13. The summed E-state index contributed by atoms with van der Waals surface area (Å²) in [6, 6.07) is 1.97. The second-order valence-electron chi connectivity index (χ2n) is 4.43. The zero-order chi connectivity index (χ0) is 10.2. The van der Waals surface area contributed by atoms with E-state index in [1.807, 2.05) is 17.8 Å². The molecule has 0 atom stereocenters. The van der Waals surface area contributed by atoms with Gasteiger partial charge >= 0.3 is 0 Å². The Bertz CT molecular complexity index is 350. The van der Waals surface area contributed by atoms with Gasteiger partial charge in [0.1, 0.15) is 5.78 Å². The van der Waals surface area contributed by atoms with Crippen LogP contribution in [0.15, 0.2) is 12.3 Å². The number of aryl methyl sites for hydroxylation is 2. The van der Waals surface area contributed by atoms with Crippen LogP contribution in [-0.2, 0) is 18.3 Å². The summed E-state index contributed by atoms with van der Waals surface area (Å²) in [5.74, 6) is 0.415. The molecule has 0 saturated heterocycles. The number of ketones is 1. The summed E-state index contributed by atoms with van der Waals surface area (Å²) in [6.07, 6.45) is 5.42. The van der Waals surface area contributed by atoms with Crippen molar-refractivity contribution >= 4 is 5.78 Å². The molecule has 0 aliphatic heterocycles. The van der Waals surface area contributed by atoms with Crippen molar-refractivity contribution < 1.29 is 4.79 Å². The molecule has 1 fully saturated rings. The first kappa shape index (κ1) is 9.44. The minimum absolute atomic E-state index is 0.0264. The van der Waals surface area contributed by atoms with E-state index in [1.54, 1.807) is 6.20 Å². The van der Waals surface area contributed by atoms with Crippen molar-refractivity contribution in [2.75, 3.05) is 0 Å². The largest absolute Gasteiger partial charge is 0.299 e. The fraction of sp³-hybridized carbons (Fsp3) is 0.636. The zero-order valence-electron chi connectivity index (χ0n) is 8.79. The molecule has 3 heteroatoms. The molecule has 1 saturated carbocycles. The number of carbonyl (C=O) groups is 1. The van der Waals surface area contributed by atoms with E-state index in [2.05, 4.69) is 12.0 Å². The van der Waals surface area contributed by atoms with E-state index in [9.17, 15) is 4.79 Å². The maximum Gasteiger partial charge on any atom is 0.139 e. The zero-order valence-corrected chi connectivity index (χ0v) is 8.79. The second-order valence-corrected chi connectivity index (χ2v) is 4.43. The first-order valence-corrected chi connectivity index (χ1v) is 5.12. The Balaban J connectivity index is 1.89. The van der Waals surface area contributed by atoms with E-state index in [-0.39, 0.29) is 5.41 Å². The van der Waals surface area contributed by atoms with Crippen molar-refractivity contribution in [3.05, 3.63) is 18.0 Å². The number of aromatic nitrogens is 2. The van der Waals surface area contributed by atoms with Crippen LogP contribution in [0.4, 0.5) is 0 Å². The Kier molecular flexibility index (Phi) is 2.17. The summed E-state index contributed by atoms with van der Waals surface area (Å²) in [4.78, 5) is 11.7. The van der Waals surface area contributed by atoms with Gasteiger partial charge < -0.3 is 0 Å². The van der Waals surface area contributed by atoms with Gasteiger partial charge in [0.15, 0.2) is 0 Å². The lowest BCUT2D eigenvalue weighted by atomic mass is 9.99. The van der Waals surface area contributed by atoms with E-state index >= 15 is 0 Å². The highest BCUT2D eigenvalue weighted by Gasteiger charge is 2.43. The molecule has 0 N–H and O–H groups in total. The molecule has 0 aromatic carbocycles. The Labute approximate surface area is 84.1 Å². The van der Waals surface area contributed by atoms with Crippen molar-refractivity contribution in [3.8, 4) is 0 Å². The van der Waals surface area contributed by atoms with Gasteiger partial charge in [-0.3, -0.25) is 9.48 Å². The molecular weight excluding hydrogens is 176 g/mol. The highest BCUT2D eigenvalue weighted by molar-refractivity contribution is 5.86. The maximum atomic E-state index is 11.7. The first-order chi connectivity index (χ1) is 6.62. The molecule has 0 radical (unpaired) electrons. The minimum Gasteiger partial charge on any atom is -0.299 e. The Morgan fingerprint density at radius 1 is 1.64 bits per heavy atom. The Hall–Kier alpha value is -1.12. The lowest BCUT2D eigenvalue weighted by Gasteiger charge is -2.06. The highest BCUT2D eigenvalue weighted by atomic mass is 16.1. The van der Waals surface area contributed by atoms with Gasteiger partial charge in [-0.25, -0.2) is 0 Å². The normalized spacial score (nSPS) is 18.1. The lowest BCUT2D eigenvalue weighted by molar-refractivity contribution is -0.123. The first-order valence-electron chi connectivity index (χ1n) is 5.12. The van der Waals surface area contributed by atoms with Gasteiger partial charge in [0.25, 0.3) is 0 Å². The monoisotopic (exact) mass is 192 g/mol. The third kappa shape index (κ3) is 1.72. The van der Waals surface area contributed by atoms with Crippen molar-refractivity contribution in [1.82, 2.24) is 9.78 Å². The molecule has 14 heavy (non-hydrogen) atoms. The SMILES string of the molecule is Cn1nccc1CCC(=O)C1(C)CC1. The summed E-state index contributed by atoms with van der Waals surface area (Å²) in [5.41, 5.74) is 1.17. The van der Waals surface area contributed by atoms with Crippen molar-refractivity contribution in [2.45, 2.75) is 32.6 Å². The predicted octanol–water partition coefficient (Wildman–Crippen LogP) is 1.72. The topological polar surface area (TPSA) is 34.9 Å². The average Bonchev–Trinajstić information content (AvgIpc) is 2.77. The standard InChI is InChI=1S/C11H16N2O/c1-11(6-7-11)10(14)4-3-9-5-8-12-13(9)2/h5,8H,3-4,6-7H2,1-2H3. The summed E-state index contributed by atoms with van der Waals surface area (Å²) in [7, 11) is 1.92. The van der Waals surface area contributed by atoms with Gasteiger partial charge in [-0.2, -0.15) is 5.10 Å². The maximum absolute atomic E-state index is 11.7. The number of carbonyl (C=O) groups excluding carboxylic acids is 1. The molecule has 1 heterocycles. The van der Waals surface area contributed by atoms with Gasteiger partial charge in [0, 0.05) is 30.8 Å². The molecule has 1 aromatic heterocycles. The number of rotatable bonds is 4. The minimum atomic E-state index is 0.0264. The van der Waals surface area contributed by atoms with E-state index in [0.717, 1.165) is 25.0 Å². The van der Waals surface area contributed by atoms with Crippen LogP contribution in [0.1, 0.15) is 31.9 Å². The number of hydrogen-bond acceptors (Lipinski definition) is 2. The fourth-order valence-corrected chi connectivity index (χ4v) is 1.66. The van der Waals surface area contributed by atoms with Gasteiger partial charge in [0.05, 0.1) is 0 Å². The number of hydrogen-bond donors (Lipinski definition) is 0. The van der Waals surface area contributed by atoms with Gasteiger partial charge in [-0.1, -0.05) is 6.92 Å². The van der Waals surface area contributed by atoms with Gasteiger partial charge in [-0.15, -0.1) is 0 Å².